The van der Waals surface area contributed by atoms with Crippen LogP contribution in [0.25, 0.3) is 0 Å². The fourth-order valence-electron chi connectivity index (χ4n) is 2.70. The van der Waals surface area contributed by atoms with Crippen molar-refractivity contribution in [3.63, 3.8) is 0 Å². The van der Waals surface area contributed by atoms with Gasteiger partial charge in [-0.2, -0.15) is 0 Å². The van der Waals surface area contributed by atoms with Gasteiger partial charge in [-0.3, -0.25) is 4.79 Å². The highest BCUT2D eigenvalue weighted by Crippen LogP contribution is 2.24. The summed E-state index contributed by atoms with van der Waals surface area (Å²) in [7, 11) is 0. The third kappa shape index (κ3) is 4.21. The molecular formula is C16H22N2O3. The summed E-state index contributed by atoms with van der Waals surface area (Å²) < 4.78 is 0. The van der Waals surface area contributed by atoms with Crippen molar-refractivity contribution in [3.05, 3.63) is 29.3 Å². The largest absolute Gasteiger partial charge is 0.481 e. The van der Waals surface area contributed by atoms with E-state index in [0.29, 0.717) is 12.8 Å². The Balaban J connectivity index is 1.85. The first-order valence-electron chi connectivity index (χ1n) is 7.33. The minimum atomic E-state index is -0.728. The van der Waals surface area contributed by atoms with E-state index in [9.17, 15) is 9.59 Å². The van der Waals surface area contributed by atoms with Crippen LogP contribution in [0.3, 0.4) is 0 Å². The molecule has 0 heterocycles. The Morgan fingerprint density at radius 2 is 1.81 bits per heavy atom. The Hall–Kier alpha value is -2.04. The molecule has 1 fully saturated rings. The highest BCUT2D eigenvalue weighted by molar-refractivity contribution is 5.90. The number of aryl methyl sites for hydroxylation is 2. The van der Waals surface area contributed by atoms with Gasteiger partial charge in [0.1, 0.15) is 0 Å². The summed E-state index contributed by atoms with van der Waals surface area (Å²) in [5, 5.41) is 14.8. The lowest BCUT2D eigenvalue weighted by molar-refractivity contribution is -0.142. The van der Waals surface area contributed by atoms with Crippen LogP contribution < -0.4 is 10.6 Å². The van der Waals surface area contributed by atoms with Gasteiger partial charge < -0.3 is 15.7 Å². The lowest BCUT2D eigenvalue weighted by Crippen LogP contribution is -2.41. The van der Waals surface area contributed by atoms with Gasteiger partial charge in [0, 0.05) is 11.7 Å². The Morgan fingerprint density at radius 1 is 1.14 bits per heavy atom. The number of rotatable bonds is 3. The Bertz CT molecular complexity index is 534. The monoisotopic (exact) mass is 290 g/mol. The van der Waals surface area contributed by atoms with Crippen molar-refractivity contribution >= 4 is 17.7 Å². The van der Waals surface area contributed by atoms with Crippen molar-refractivity contribution in [2.45, 2.75) is 45.6 Å². The Labute approximate surface area is 124 Å². The number of hydrogen-bond donors (Lipinski definition) is 3. The Morgan fingerprint density at radius 3 is 2.43 bits per heavy atom. The number of urea groups is 1. The second-order valence-corrected chi connectivity index (χ2v) is 5.80. The molecule has 0 atom stereocenters. The molecule has 0 aliphatic heterocycles. The predicted octanol–water partition coefficient (Wildman–Crippen LogP) is 3.07. The molecule has 21 heavy (non-hydrogen) atoms. The van der Waals surface area contributed by atoms with Gasteiger partial charge in [0.25, 0.3) is 0 Å². The zero-order valence-electron chi connectivity index (χ0n) is 12.5. The van der Waals surface area contributed by atoms with Gasteiger partial charge in [-0.15, -0.1) is 0 Å². The zero-order chi connectivity index (χ0) is 15.4. The zero-order valence-corrected chi connectivity index (χ0v) is 12.5. The number of carboxylic acids is 1. The van der Waals surface area contributed by atoms with E-state index in [0.717, 1.165) is 29.7 Å². The van der Waals surface area contributed by atoms with Crippen molar-refractivity contribution in [2.24, 2.45) is 5.92 Å². The minimum absolute atomic E-state index is 0.0608. The van der Waals surface area contributed by atoms with Crippen LogP contribution in [0.2, 0.25) is 0 Å². The number of carbonyl (C=O) groups excluding carboxylic acids is 1. The van der Waals surface area contributed by atoms with Crippen molar-refractivity contribution < 1.29 is 14.7 Å². The molecule has 1 saturated carbocycles. The third-order valence-corrected chi connectivity index (χ3v) is 4.05. The first-order chi connectivity index (χ1) is 9.95. The molecule has 114 valence electrons. The quantitative estimate of drug-likeness (QED) is 0.800. The van der Waals surface area contributed by atoms with Crippen LogP contribution in [0.1, 0.15) is 36.8 Å². The van der Waals surface area contributed by atoms with Crippen LogP contribution in [-0.2, 0) is 4.79 Å². The molecule has 0 spiro atoms. The van der Waals surface area contributed by atoms with E-state index in [4.69, 9.17) is 5.11 Å². The van der Waals surface area contributed by atoms with Crippen LogP contribution in [0, 0.1) is 19.8 Å². The fourth-order valence-corrected chi connectivity index (χ4v) is 2.70. The van der Waals surface area contributed by atoms with E-state index >= 15 is 0 Å². The SMILES string of the molecule is Cc1ccc(C)c(NC(=O)NC2CCC(C(=O)O)CC2)c1. The predicted molar refractivity (Wildman–Crippen MR) is 81.5 cm³/mol. The maximum atomic E-state index is 12.0. The van der Waals surface area contributed by atoms with E-state index in [-0.39, 0.29) is 18.0 Å². The first kappa shape index (κ1) is 15.4. The number of anilines is 1. The van der Waals surface area contributed by atoms with Crippen LogP contribution in [0.15, 0.2) is 18.2 Å². The molecule has 1 aromatic rings. The van der Waals surface area contributed by atoms with Gasteiger partial charge in [-0.25, -0.2) is 4.79 Å². The molecule has 5 heteroatoms. The van der Waals surface area contributed by atoms with Gasteiger partial charge in [-0.1, -0.05) is 12.1 Å². The fraction of sp³-hybridized carbons (Fsp3) is 0.500. The summed E-state index contributed by atoms with van der Waals surface area (Å²) >= 11 is 0. The van der Waals surface area contributed by atoms with Crippen LogP contribution >= 0.6 is 0 Å². The molecule has 1 aliphatic carbocycles. The number of carboxylic acid groups (broad SMARTS) is 1. The average Bonchev–Trinajstić information content (AvgIpc) is 2.43. The lowest BCUT2D eigenvalue weighted by Gasteiger charge is -2.27. The first-order valence-corrected chi connectivity index (χ1v) is 7.33. The maximum Gasteiger partial charge on any atom is 0.319 e. The van der Waals surface area contributed by atoms with Crippen molar-refractivity contribution in [1.82, 2.24) is 5.32 Å². The lowest BCUT2D eigenvalue weighted by atomic mass is 9.86. The molecule has 0 bridgehead atoms. The number of amides is 2. The molecule has 2 amide bonds. The summed E-state index contributed by atoms with van der Waals surface area (Å²) in [6.45, 7) is 3.93. The molecule has 0 radical (unpaired) electrons. The topological polar surface area (TPSA) is 78.4 Å². The number of carbonyl (C=O) groups is 2. The van der Waals surface area contributed by atoms with Crippen LogP contribution in [0.4, 0.5) is 10.5 Å². The summed E-state index contributed by atoms with van der Waals surface area (Å²) in [6.07, 6.45) is 2.70. The van der Waals surface area contributed by atoms with Crippen molar-refractivity contribution in [3.8, 4) is 0 Å². The van der Waals surface area contributed by atoms with Crippen molar-refractivity contribution in [1.29, 1.82) is 0 Å². The number of hydrogen-bond acceptors (Lipinski definition) is 2. The van der Waals surface area contributed by atoms with E-state index in [1.807, 2.05) is 32.0 Å². The van der Waals surface area contributed by atoms with Gasteiger partial charge in [-0.05, 0) is 56.7 Å². The normalized spacial score (nSPS) is 21.6. The van der Waals surface area contributed by atoms with Gasteiger partial charge in [0.2, 0.25) is 0 Å². The number of nitrogens with one attached hydrogen (secondary N) is 2. The molecule has 3 N–H and O–H groups in total. The number of benzene rings is 1. The van der Waals surface area contributed by atoms with Gasteiger partial charge in [0.05, 0.1) is 5.92 Å². The van der Waals surface area contributed by atoms with Crippen LogP contribution in [-0.4, -0.2) is 23.1 Å². The third-order valence-electron chi connectivity index (χ3n) is 4.05. The van der Waals surface area contributed by atoms with Crippen LogP contribution in [0.5, 0.6) is 0 Å². The van der Waals surface area contributed by atoms with Gasteiger partial charge in [0.15, 0.2) is 0 Å². The molecule has 1 aromatic carbocycles. The summed E-state index contributed by atoms with van der Waals surface area (Å²) in [5.41, 5.74) is 2.93. The summed E-state index contributed by atoms with van der Waals surface area (Å²) in [4.78, 5) is 22.9. The van der Waals surface area contributed by atoms with E-state index in [2.05, 4.69) is 10.6 Å². The molecule has 1 aliphatic rings. The molecule has 2 rings (SSSR count). The van der Waals surface area contributed by atoms with E-state index in [1.165, 1.54) is 0 Å². The highest BCUT2D eigenvalue weighted by Gasteiger charge is 2.26. The summed E-state index contributed by atoms with van der Waals surface area (Å²) in [5.74, 6) is -0.988. The maximum absolute atomic E-state index is 12.0. The van der Waals surface area contributed by atoms with E-state index in [1.54, 1.807) is 0 Å². The minimum Gasteiger partial charge on any atom is -0.481 e. The standard InChI is InChI=1S/C16H22N2O3/c1-10-3-4-11(2)14(9-10)18-16(21)17-13-7-5-12(6-8-13)15(19)20/h3-4,9,12-13H,5-8H2,1-2H3,(H,19,20)(H2,17,18,21). The smallest absolute Gasteiger partial charge is 0.319 e. The molecule has 0 saturated heterocycles. The second kappa shape index (κ2) is 6.61. The molecule has 0 aromatic heterocycles. The van der Waals surface area contributed by atoms with Gasteiger partial charge >= 0.3 is 12.0 Å². The highest BCUT2D eigenvalue weighted by atomic mass is 16.4. The molecule has 0 unspecified atom stereocenters. The second-order valence-electron chi connectivity index (χ2n) is 5.80. The number of aliphatic carboxylic acids is 1. The summed E-state index contributed by atoms with van der Waals surface area (Å²) in [6, 6.07) is 5.76. The molecular weight excluding hydrogens is 268 g/mol. The average molecular weight is 290 g/mol. The van der Waals surface area contributed by atoms with Crippen molar-refractivity contribution in [2.75, 3.05) is 5.32 Å². The molecule has 5 nitrogen and oxygen atoms in total. The van der Waals surface area contributed by atoms with E-state index < -0.39 is 5.97 Å². The Kier molecular flexibility index (Phi) is 4.83.